The molecule has 2 atom stereocenters. The van der Waals surface area contributed by atoms with Crippen LogP contribution in [-0.2, 0) is 24.4 Å². The molecule has 5 rings (SSSR count). The minimum absolute atomic E-state index is 0.0563. The predicted molar refractivity (Wildman–Crippen MR) is 135 cm³/mol. The first-order valence-corrected chi connectivity index (χ1v) is 12.4. The van der Waals surface area contributed by atoms with E-state index in [1.807, 2.05) is 54.1 Å². The standard InChI is InChI=1S/C27H32N6O2/c1-3-24(26-29-30-31-33(26)18-23-13-8-14-35-23)32(16-20-10-5-4-6-11-20)17-22-15-21-12-7-9-19(2)25(21)28-27(22)34/h4-7,9-12,15,23-24H,3,8,13-14,16-18H2,1-2H3,(H,28,34). The molecular formula is C27H32N6O2. The lowest BCUT2D eigenvalue weighted by molar-refractivity contribution is 0.0888. The first kappa shape index (κ1) is 23.4. The van der Waals surface area contributed by atoms with Crippen molar-refractivity contribution in [3.63, 3.8) is 0 Å². The summed E-state index contributed by atoms with van der Waals surface area (Å²) in [5, 5.41) is 13.8. The third-order valence-corrected chi connectivity index (χ3v) is 6.85. The van der Waals surface area contributed by atoms with Gasteiger partial charge >= 0.3 is 0 Å². The molecule has 1 fully saturated rings. The number of pyridine rings is 1. The molecule has 2 aromatic heterocycles. The smallest absolute Gasteiger partial charge is 0.252 e. The molecule has 0 amide bonds. The van der Waals surface area contributed by atoms with Crippen LogP contribution in [0.2, 0.25) is 0 Å². The Balaban J connectivity index is 1.50. The Morgan fingerprint density at radius 2 is 2.03 bits per heavy atom. The summed E-state index contributed by atoms with van der Waals surface area (Å²) in [5.41, 5.74) is 3.81. The molecule has 8 heteroatoms. The van der Waals surface area contributed by atoms with Gasteiger partial charge in [0.2, 0.25) is 0 Å². The molecule has 0 bridgehead atoms. The molecule has 8 nitrogen and oxygen atoms in total. The molecule has 4 aromatic rings. The van der Waals surface area contributed by atoms with Crippen LogP contribution in [0.5, 0.6) is 0 Å². The topological polar surface area (TPSA) is 88.9 Å². The summed E-state index contributed by atoms with van der Waals surface area (Å²) in [5.74, 6) is 0.812. The van der Waals surface area contributed by atoms with Gasteiger partial charge in [-0.05, 0) is 59.2 Å². The number of hydrogen-bond donors (Lipinski definition) is 1. The Kier molecular flexibility index (Phi) is 7.01. The number of nitrogens with one attached hydrogen (secondary N) is 1. The normalized spacial score (nSPS) is 16.8. The number of aromatic nitrogens is 5. The predicted octanol–water partition coefficient (Wildman–Crippen LogP) is 4.16. The zero-order chi connectivity index (χ0) is 24.2. The maximum atomic E-state index is 13.1. The second-order valence-corrected chi connectivity index (χ2v) is 9.33. The van der Waals surface area contributed by atoms with Crippen molar-refractivity contribution >= 4 is 10.9 Å². The zero-order valence-electron chi connectivity index (χ0n) is 20.4. The highest BCUT2D eigenvalue weighted by atomic mass is 16.5. The SMILES string of the molecule is CCC(c1nnnn1CC1CCCO1)N(Cc1ccccc1)Cc1cc2cccc(C)c2[nH]c1=O. The van der Waals surface area contributed by atoms with Crippen molar-refractivity contribution in [1.82, 2.24) is 30.1 Å². The molecule has 1 saturated heterocycles. The lowest BCUT2D eigenvalue weighted by atomic mass is 10.1. The van der Waals surface area contributed by atoms with Gasteiger partial charge in [-0.2, -0.15) is 0 Å². The maximum absolute atomic E-state index is 13.1. The molecule has 182 valence electrons. The molecule has 3 heterocycles. The molecule has 0 aliphatic carbocycles. The number of H-pyrrole nitrogens is 1. The number of aromatic amines is 1. The first-order valence-electron chi connectivity index (χ1n) is 12.4. The highest BCUT2D eigenvalue weighted by molar-refractivity contribution is 5.81. The van der Waals surface area contributed by atoms with Crippen molar-refractivity contribution in [2.75, 3.05) is 6.61 Å². The van der Waals surface area contributed by atoms with E-state index >= 15 is 0 Å². The third-order valence-electron chi connectivity index (χ3n) is 6.85. The lowest BCUT2D eigenvalue weighted by Gasteiger charge is -2.30. The van der Waals surface area contributed by atoms with E-state index in [-0.39, 0.29) is 17.7 Å². The molecule has 35 heavy (non-hydrogen) atoms. The maximum Gasteiger partial charge on any atom is 0.252 e. The highest BCUT2D eigenvalue weighted by Crippen LogP contribution is 2.27. The van der Waals surface area contributed by atoms with Crippen LogP contribution in [-0.4, -0.2) is 42.8 Å². The van der Waals surface area contributed by atoms with Gasteiger partial charge in [0.25, 0.3) is 5.56 Å². The lowest BCUT2D eigenvalue weighted by Crippen LogP contribution is -2.33. The van der Waals surface area contributed by atoms with Crippen molar-refractivity contribution in [2.24, 2.45) is 0 Å². The fourth-order valence-electron chi connectivity index (χ4n) is 5.02. The van der Waals surface area contributed by atoms with E-state index in [2.05, 4.69) is 44.5 Å². The van der Waals surface area contributed by atoms with Gasteiger partial charge in [0.1, 0.15) is 0 Å². The average Bonchev–Trinajstić information content (AvgIpc) is 3.54. The third kappa shape index (κ3) is 5.18. The number of tetrazole rings is 1. The Morgan fingerprint density at radius 1 is 1.17 bits per heavy atom. The van der Waals surface area contributed by atoms with Gasteiger partial charge in [-0.1, -0.05) is 55.5 Å². The Bertz CT molecular complexity index is 1330. The minimum atomic E-state index is -0.0568. The van der Waals surface area contributed by atoms with Crippen LogP contribution >= 0.6 is 0 Å². The zero-order valence-corrected chi connectivity index (χ0v) is 20.4. The van der Waals surface area contributed by atoms with Crippen molar-refractivity contribution in [3.8, 4) is 0 Å². The van der Waals surface area contributed by atoms with Crippen LogP contribution in [0.1, 0.15) is 54.7 Å². The molecule has 0 saturated carbocycles. The van der Waals surface area contributed by atoms with Crippen LogP contribution < -0.4 is 5.56 Å². The quantitative estimate of drug-likeness (QED) is 0.394. The fourth-order valence-corrected chi connectivity index (χ4v) is 5.02. The molecule has 2 aromatic carbocycles. The first-order chi connectivity index (χ1) is 17.1. The summed E-state index contributed by atoms with van der Waals surface area (Å²) in [7, 11) is 0. The molecular weight excluding hydrogens is 440 g/mol. The number of fused-ring (bicyclic) bond motifs is 1. The number of nitrogens with zero attached hydrogens (tertiary/aromatic N) is 5. The summed E-state index contributed by atoms with van der Waals surface area (Å²) in [6.07, 6.45) is 3.05. The van der Waals surface area contributed by atoms with Gasteiger partial charge in [0.05, 0.1) is 24.2 Å². The number of ether oxygens (including phenoxy) is 1. The van der Waals surface area contributed by atoms with E-state index in [1.54, 1.807) is 0 Å². The van der Waals surface area contributed by atoms with Crippen LogP contribution in [0.25, 0.3) is 10.9 Å². The summed E-state index contributed by atoms with van der Waals surface area (Å²) in [6.45, 7) is 6.76. The van der Waals surface area contributed by atoms with Gasteiger partial charge in [-0.3, -0.25) is 9.69 Å². The van der Waals surface area contributed by atoms with E-state index in [0.717, 1.165) is 53.7 Å². The molecule has 2 unspecified atom stereocenters. The van der Waals surface area contributed by atoms with E-state index in [4.69, 9.17) is 4.74 Å². The molecule has 1 N–H and O–H groups in total. The van der Waals surface area contributed by atoms with E-state index in [0.29, 0.717) is 19.6 Å². The summed E-state index contributed by atoms with van der Waals surface area (Å²) in [6, 6.07) is 18.4. The Labute approximate surface area is 204 Å². The molecule has 0 radical (unpaired) electrons. The van der Waals surface area contributed by atoms with Gasteiger partial charge in [-0.25, -0.2) is 4.68 Å². The molecule has 0 spiro atoms. The van der Waals surface area contributed by atoms with Gasteiger partial charge in [0.15, 0.2) is 5.82 Å². The largest absolute Gasteiger partial charge is 0.376 e. The minimum Gasteiger partial charge on any atom is -0.376 e. The molecule has 1 aliphatic rings. The van der Waals surface area contributed by atoms with Crippen molar-refractivity contribution in [1.29, 1.82) is 0 Å². The van der Waals surface area contributed by atoms with Crippen LogP contribution in [0, 0.1) is 6.92 Å². The second-order valence-electron chi connectivity index (χ2n) is 9.33. The number of rotatable bonds is 9. The van der Waals surface area contributed by atoms with Crippen molar-refractivity contribution in [2.45, 2.75) is 64.9 Å². The monoisotopic (exact) mass is 472 g/mol. The number of hydrogen-bond acceptors (Lipinski definition) is 6. The second kappa shape index (κ2) is 10.5. The Morgan fingerprint density at radius 3 is 2.80 bits per heavy atom. The van der Waals surface area contributed by atoms with Gasteiger partial charge in [-0.15, -0.1) is 5.10 Å². The highest BCUT2D eigenvalue weighted by Gasteiger charge is 2.28. The number of aryl methyl sites for hydroxylation is 1. The van der Waals surface area contributed by atoms with Crippen molar-refractivity contribution in [3.05, 3.63) is 87.5 Å². The van der Waals surface area contributed by atoms with Gasteiger partial charge in [0, 0.05) is 25.3 Å². The van der Waals surface area contributed by atoms with Crippen LogP contribution in [0.4, 0.5) is 0 Å². The fraction of sp³-hybridized carbons (Fsp3) is 0.407. The van der Waals surface area contributed by atoms with Crippen LogP contribution in [0.3, 0.4) is 0 Å². The van der Waals surface area contributed by atoms with Gasteiger partial charge < -0.3 is 9.72 Å². The van der Waals surface area contributed by atoms with Crippen LogP contribution in [0.15, 0.2) is 59.4 Å². The summed E-state index contributed by atoms with van der Waals surface area (Å²) >= 11 is 0. The molecule has 1 aliphatic heterocycles. The average molecular weight is 473 g/mol. The summed E-state index contributed by atoms with van der Waals surface area (Å²) < 4.78 is 7.72. The van der Waals surface area contributed by atoms with E-state index < -0.39 is 0 Å². The number of benzene rings is 2. The number of para-hydroxylation sites is 1. The Hall–Kier alpha value is -3.36. The van der Waals surface area contributed by atoms with Crippen molar-refractivity contribution < 1.29 is 4.74 Å². The van der Waals surface area contributed by atoms with E-state index in [9.17, 15) is 4.79 Å². The van der Waals surface area contributed by atoms with E-state index in [1.165, 1.54) is 5.56 Å². The summed E-state index contributed by atoms with van der Waals surface area (Å²) in [4.78, 5) is 18.5.